The molecule has 2 rings (SSSR count). The smallest absolute Gasteiger partial charge is 0.225 e. The molecule has 6 nitrogen and oxygen atoms in total. The minimum absolute atomic E-state index is 0.0475. The number of nitrogens with zero attached hydrogens (tertiary/aromatic N) is 3. The van der Waals surface area contributed by atoms with Crippen molar-refractivity contribution in [2.45, 2.75) is 6.92 Å². The zero-order chi connectivity index (χ0) is 13.3. The summed E-state index contributed by atoms with van der Waals surface area (Å²) in [7, 11) is -3.48. The Kier molecular flexibility index (Phi) is 3.49. The van der Waals surface area contributed by atoms with E-state index in [-0.39, 0.29) is 17.6 Å². The first-order chi connectivity index (χ1) is 8.35. The molecule has 0 saturated carbocycles. The predicted molar refractivity (Wildman–Crippen MR) is 64.8 cm³/mol. The van der Waals surface area contributed by atoms with Crippen molar-refractivity contribution >= 4 is 16.0 Å². The molecule has 1 aromatic rings. The molecule has 1 aliphatic rings. The van der Waals surface area contributed by atoms with Crippen LogP contribution in [0.5, 0.6) is 0 Å². The second-order valence-corrected chi connectivity index (χ2v) is 6.33. The molecule has 1 aromatic heterocycles. The van der Waals surface area contributed by atoms with Crippen LogP contribution in [0, 0.1) is 17.7 Å². The van der Waals surface area contributed by atoms with Crippen molar-refractivity contribution in [1.29, 1.82) is 0 Å². The maximum absolute atomic E-state index is 12.7. The summed E-state index contributed by atoms with van der Waals surface area (Å²) in [4.78, 5) is 9.62. The highest BCUT2D eigenvalue weighted by Gasteiger charge is 2.33. The Morgan fingerprint density at radius 1 is 1.44 bits per heavy atom. The molecule has 2 N–H and O–H groups in total. The Morgan fingerprint density at radius 3 is 2.61 bits per heavy atom. The van der Waals surface area contributed by atoms with Gasteiger partial charge in [0.2, 0.25) is 16.0 Å². The van der Waals surface area contributed by atoms with Crippen LogP contribution >= 0.6 is 0 Å². The number of anilines is 1. The van der Waals surface area contributed by atoms with Gasteiger partial charge in [0.05, 0.1) is 18.1 Å². The van der Waals surface area contributed by atoms with Crippen LogP contribution in [-0.2, 0) is 10.0 Å². The molecule has 0 bridgehead atoms. The minimum atomic E-state index is -3.48. The van der Waals surface area contributed by atoms with Crippen LogP contribution in [0.15, 0.2) is 12.4 Å². The average Bonchev–Trinajstić information content (AvgIpc) is 2.59. The highest BCUT2D eigenvalue weighted by atomic mass is 32.2. The summed E-state index contributed by atoms with van der Waals surface area (Å²) < 4.78 is 34.9. The van der Waals surface area contributed by atoms with Crippen molar-refractivity contribution in [3.05, 3.63) is 18.2 Å². The van der Waals surface area contributed by atoms with Crippen molar-refractivity contribution in [3.63, 3.8) is 0 Å². The lowest BCUT2D eigenvalue weighted by molar-refractivity contribution is 0.486. The SMILES string of the molecule is C[C@@H]1CN(c2ncc(F)cn2)C[C@H]1CS(N)(=O)=O. The monoisotopic (exact) mass is 274 g/mol. The van der Waals surface area contributed by atoms with Crippen LogP contribution in [0.4, 0.5) is 10.3 Å². The normalized spacial score (nSPS) is 24.5. The molecule has 0 aromatic carbocycles. The summed E-state index contributed by atoms with van der Waals surface area (Å²) >= 11 is 0. The van der Waals surface area contributed by atoms with E-state index in [0.717, 1.165) is 12.4 Å². The number of sulfonamides is 1. The first-order valence-corrected chi connectivity index (χ1v) is 7.29. The molecule has 1 saturated heterocycles. The summed E-state index contributed by atoms with van der Waals surface area (Å²) in [5.41, 5.74) is 0. The summed E-state index contributed by atoms with van der Waals surface area (Å²) in [5.74, 6) is 0.00385. The van der Waals surface area contributed by atoms with Crippen molar-refractivity contribution in [2.75, 3.05) is 23.7 Å². The summed E-state index contributed by atoms with van der Waals surface area (Å²) in [6.45, 7) is 3.12. The van der Waals surface area contributed by atoms with Gasteiger partial charge in [0.1, 0.15) is 0 Å². The van der Waals surface area contributed by atoms with E-state index in [2.05, 4.69) is 9.97 Å². The lowest BCUT2D eigenvalue weighted by Crippen LogP contribution is -2.28. The first kappa shape index (κ1) is 13.2. The topological polar surface area (TPSA) is 89.2 Å². The number of halogens is 1. The molecule has 100 valence electrons. The third-order valence-corrected chi connectivity index (χ3v) is 4.00. The Labute approximate surface area is 105 Å². The molecule has 0 radical (unpaired) electrons. The Morgan fingerprint density at radius 2 is 2.06 bits per heavy atom. The van der Waals surface area contributed by atoms with Crippen LogP contribution in [0.2, 0.25) is 0 Å². The van der Waals surface area contributed by atoms with Gasteiger partial charge in [0.25, 0.3) is 0 Å². The van der Waals surface area contributed by atoms with Crippen molar-refractivity contribution in [1.82, 2.24) is 9.97 Å². The van der Waals surface area contributed by atoms with Gasteiger partial charge in [-0.1, -0.05) is 6.92 Å². The van der Waals surface area contributed by atoms with E-state index in [1.165, 1.54) is 0 Å². The Hall–Kier alpha value is -1.28. The third-order valence-electron chi connectivity index (χ3n) is 3.10. The fourth-order valence-corrected chi connectivity index (χ4v) is 3.21. The van der Waals surface area contributed by atoms with E-state index in [4.69, 9.17) is 5.14 Å². The molecule has 0 spiro atoms. The lowest BCUT2D eigenvalue weighted by atomic mass is 10.0. The summed E-state index contributed by atoms with van der Waals surface area (Å²) in [5, 5.41) is 5.05. The number of primary sulfonamides is 1. The van der Waals surface area contributed by atoms with Crippen LogP contribution in [0.25, 0.3) is 0 Å². The van der Waals surface area contributed by atoms with Crippen molar-refractivity contribution in [2.24, 2.45) is 17.0 Å². The predicted octanol–water partition coefficient (Wildman–Crippen LogP) is -0.0235. The molecular formula is C10H15FN4O2S. The van der Waals surface area contributed by atoms with Crippen molar-refractivity contribution in [3.8, 4) is 0 Å². The van der Waals surface area contributed by atoms with Gasteiger partial charge in [-0.2, -0.15) is 0 Å². The molecule has 1 aliphatic heterocycles. The van der Waals surface area contributed by atoms with Gasteiger partial charge in [-0.15, -0.1) is 0 Å². The van der Waals surface area contributed by atoms with Crippen LogP contribution in [0.1, 0.15) is 6.92 Å². The average molecular weight is 274 g/mol. The molecule has 1 fully saturated rings. The van der Waals surface area contributed by atoms with Gasteiger partial charge in [0, 0.05) is 13.1 Å². The number of aromatic nitrogens is 2. The van der Waals surface area contributed by atoms with E-state index in [1.807, 2.05) is 11.8 Å². The van der Waals surface area contributed by atoms with Gasteiger partial charge in [-0.3, -0.25) is 0 Å². The minimum Gasteiger partial charge on any atom is -0.340 e. The molecule has 2 heterocycles. The maximum Gasteiger partial charge on any atom is 0.225 e. The fraction of sp³-hybridized carbons (Fsp3) is 0.600. The van der Waals surface area contributed by atoms with Gasteiger partial charge >= 0.3 is 0 Å². The molecule has 0 aliphatic carbocycles. The summed E-state index contributed by atoms with van der Waals surface area (Å²) in [6, 6.07) is 0. The standard InChI is InChI=1S/C10H15FN4O2S/c1-7-4-15(5-8(7)6-18(12,16)17)10-13-2-9(11)3-14-10/h2-3,7-8H,4-6H2,1H3,(H2,12,16,17)/t7-,8+/m1/s1. The lowest BCUT2D eigenvalue weighted by Gasteiger charge is -2.15. The molecule has 8 heteroatoms. The van der Waals surface area contributed by atoms with Crippen LogP contribution < -0.4 is 10.0 Å². The fourth-order valence-electron chi connectivity index (χ4n) is 2.18. The van der Waals surface area contributed by atoms with E-state index in [1.54, 1.807) is 0 Å². The van der Waals surface area contributed by atoms with Gasteiger partial charge < -0.3 is 4.90 Å². The first-order valence-electron chi connectivity index (χ1n) is 5.58. The Balaban J connectivity index is 2.08. The van der Waals surface area contributed by atoms with E-state index < -0.39 is 15.8 Å². The van der Waals surface area contributed by atoms with E-state index >= 15 is 0 Å². The Bertz CT molecular complexity index is 519. The number of rotatable bonds is 3. The van der Waals surface area contributed by atoms with Crippen LogP contribution in [0.3, 0.4) is 0 Å². The number of nitrogens with two attached hydrogens (primary N) is 1. The van der Waals surface area contributed by atoms with Gasteiger partial charge in [-0.25, -0.2) is 27.9 Å². The molecule has 0 amide bonds. The molecular weight excluding hydrogens is 259 g/mol. The van der Waals surface area contributed by atoms with Crippen LogP contribution in [-0.4, -0.2) is 37.2 Å². The second kappa shape index (κ2) is 4.77. The van der Waals surface area contributed by atoms with E-state index in [0.29, 0.717) is 19.0 Å². The second-order valence-electron chi connectivity index (χ2n) is 4.67. The third kappa shape index (κ3) is 3.14. The van der Waals surface area contributed by atoms with E-state index in [9.17, 15) is 12.8 Å². The number of hydrogen-bond acceptors (Lipinski definition) is 5. The highest BCUT2D eigenvalue weighted by Crippen LogP contribution is 2.26. The molecule has 0 unspecified atom stereocenters. The van der Waals surface area contributed by atoms with Crippen molar-refractivity contribution < 1.29 is 12.8 Å². The van der Waals surface area contributed by atoms with Gasteiger partial charge in [0.15, 0.2) is 5.82 Å². The van der Waals surface area contributed by atoms with Gasteiger partial charge in [-0.05, 0) is 11.8 Å². The number of hydrogen-bond donors (Lipinski definition) is 1. The summed E-state index contributed by atoms with van der Waals surface area (Å²) in [6.07, 6.45) is 2.19. The largest absolute Gasteiger partial charge is 0.340 e. The highest BCUT2D eigenvalue weighted by molar-refractivity contribution is 7.89. The zero-order valence-electron chi connectivity index (χ0n) is 9.95. The quantitative estimate of drug-likeness (QED) is 0.836. The zero-order valence-corrected chi connectivity index (χ0v) is 10.8. The molecule has 2 atom stereocenters. The maximum atomic E-state index is 12.7. The molecule has 18 heavy (non-hydrogen) atoms.